The largest absolute Gasteiger partial charge is 0.264 e. The number of aromatic nitrogens is 4. The van der Waals surface area contributed by atoms with E-state index in [0.29, 0.717) is 5.82 Å². The van der Waals surface area contributed by atoms with E-state index >= 15 is 0 Å². The van der Waals surface area contributed by atoms with Gasteiger partial charge in [0.2, 0.25) is 0 Å². The van der Waals surface area contributed by atoms with Gasteiger partial charge in [0.25, 0.3) is 0 Å². The summed E-state index contributed by atoms with van der Waals surface area (Å²) in [6, 6.07) is 55.2. The number of hydrogen-bond donors (Lipinski definition) is 0. The van der Waals surface area contributed by atoms with Gasteiger partial charge in [-0.1, -0.05) is 140 Å². The van der Waals surface area contributed by atoms with E-state index in [4.69, 9.17) is 9.97 Å². The lowest BCUT2D eigenvalue weighted by Gasteiger charge is -2.18. The third-order valence-electron chi connectivity index (χ3n) is 9.29. The van der Waals surface area contributed by atoms with Crippen LogP contribution < -0.4 is 0 Å². The normalized spacial score (nSPS) is 11.2. The van der Waals surface area contributed by atoms with Crippen LogP contribution in [0.5, 0.6) is 0 Å². The van der Waals surface area contributed by atoms with Crippen molar-refractivity contribution in [2.24, 2.45) is 0 Å². The number of fused-ring (bicyclic) bond motifs is 2. The van der Waals surface area contributed by atoms with Crippen molar-refractivity contribution >= 4 is 21.5 Å². The lowest BCUT2D eigenvalue weighted by molar-refractivity contribution is 1.19. The maximum atomic E-state index is 5.34. The number of rotatable bonds is 6. The Hall–Kier alpha value is -6.78. The van der Waals surface area contributed by atoms with E-state index in [9.17, 15) is 0 Å². The van der Waals surface area contributed by atoms with Crippen LogP contribution in [0.25, 0.3) is 88.8 Å². The van der Waals surface area contributed by atoms with Crippen LogP contribution >= 0.6 is 0 Å². The molecule has 6 aromatic carbocycles. The summed E-state index contributed by atoms with van der Waals surface area (Å²) in [5.41, 5.74) is 11.6. The summed E-state index contributed by atoms with van der Waals surface area (Å²) in [4.78, 5) is 19.3. The smallest absolute Gasteiger partial charge is 0.161 e. The molecule has 9 rings (SSSR count). The highest BCUT2D eigenvalue weighted by Crippen LogP contribution is 2.43. The molecule has 50 heavy (non-hydrogen) atoms. The Morgan fingerprint density at radius 2 is 0.700 bits per heavy atom. The summed E-state index contributed by atoms with van der Waals surface area (Å²) in [5, 5.41) is 4.58. The molecule has 9 aromatic rings. The number of pyridine rings is 2. The molecule has 0 spiro atoms. The lowest BCUT2D eigenvalue weighted by atomic mass is 9.88. The van der Waals surface area contributed by atoms with E-state index in [1.165, 1.54) is 21.9 Å². The van der Waals surface area contributed by atoms with E-state index in [1.54, 1.807) is 12.4 Å². The van der Waals surface area contributed by atoms with Gasteiger partial charge in [0, 0.05) is 41.5 Å². The molecule has 0 unspecified atom stereocenters. The zero-order valence-electron chi connectivity index (χ0n) is 27.1. The van der Waals surface area contributed by atoms with Crippen LogP contribution in [-0.2, 0) is 0 Å². The Kier molecular flexibility index (Phi) is 7.45. The minimum Gasteiger partial charge on any atom is -0.264 e. The summed E-state index contributed by atoms with van der Waals surface area (Å²) >= 11 is 0. The molecule has 0 amide bonds. The van der Waals surface area contributed by atoms with Crippen LogP contribution in [-0.4, -0.2) is 19.9 Å². The van der Waals surface area contributed by atoms with Gasteiger partial charge in [-0.15, -0.1) is 0 Å². The van der Waals surface area contributed by atoms with E-state index in [-0.39, 0.29) is 0 Å². The molecule has 0 aliphatic heterocycles. The van der Waals surface area contributed by atoms with E-state index < -0.39 is 0 Å². The number of benzene rings is 6. The predicted molar refractivity (Wildman–Crippen MR) is 205 cm³/mol. The van der Waals surface area contributed by atoms with E-state index in [1.807, 2.05) is 24.5 Å². The summed E-state index contributed by atoms with van der Waals surface area (Å²) in [6.45, 7) is 0. The summed E-state index contributed by atoms with van der Waals surface area (Å²) < 4.78 is 0. The van der Waals surface area contributed by atoms with Crippen LogP contribution in [0.2, 0.25) is 0 Å². The van der Waals surface area contributed by atoms with Crippen LogP contribution in [0.3, 0.4) is 0 Å². The highest BCUT2D eigenvalue weighted by molar-refractivity contribution is 6.20. The maximum absolute atomic E-state index is 5.34. The molecule has 3 aromatic heterocycles. The molecule has 0 N–H and O–H groups in total. The van der Waals surface area contributed by atoms with Gasteiger partial charge in [-0.05, 0) is 73.1 Å². The third-order valence-corrected chi connectivity index (χ3v) is 9.29. The van der Waals surface area contributed by atoms with Gasteiger partial charge in [-0.3, -0.25) is 9.97 Å². The van der Waals surface area contributed by atoms with Gasteiger partial charge in [-0.25, -0.2) is 9.97 Å². The first-order valence-electron chi connectivity index (χ1n) is 16.7. The highest BCUT2D eigenvalue weighted by Gasteiger charge is 2.20. The van der Waals surface area contributed by atoms with Crippen molar-refractivity contribution < 1.29 is 0 Å². The van der Waals surface area contributed by atoms with Gasteiger partial charge in [0.05, 0.1) is 11.4 Å². The van der Waals surface area contributed by atoms with Gasteiger partial charge in [0.1, 0.15) is 0 Å². The van der Waals surface area contributed by atoms with Gasteiger partial charge >= 0.3 is 0 Å². The van der Waals surface area contributed by atoms with Crippen molar-refractivity contribution in [3.05, 3.63) is 183 Å². The lowest BCUT2D eigenvalue weighted by Crippen LogP contribution is -1.98. The van der Waals surface area contributed by atoms with E-state index in [2.05, 4.69) is 156 Å². The maximum Gasteiger partial charge on any atom is 0.161 e. The second-order valence-corrected chi connectivity index (χ2v) is 12.3. The molecule has 234 valence electrons. The monoisotopic (exact) mass is 638 g/mol. The van der Waals surface area contributed by atoms with Crippen LogP contribution in [0.1, 0.15) is 0 Å². The quantitative estimate of drug-likeness (QED) is 0.170. The molecule has 0 aliphatic carbocycles. The van der Waals surface area contributed by atoms with Gasteiger partial charge in [-0.2, -0.15) is 0 Å². The molecule has 0 fully saturated rings. The van der Waals surface area contributed by atoms with Crippen molar-refractivity contribution in [3.63, 3.8) is 0 Å². The SMILES string of the molecule is c1ccc(-c2c3ccccc3c(-c3nc(-c4ccc(-c5cccnc5)cc4)cc(-c4ccc(-c5cccnc5)cc4)n3)c3ccccc23)cc1. The summed E-state index contributed by atoms with van der Waals surface area (Å²) in [7, 11) is 0. The molecular formula is C46H30N4. The molecule has 0 bridgehead atoms. The fraction of sp³-hybridized carbons (Fsp3) is 0. The fourth-order valence-corrected chi connectivity index (χ4v) is 6.87. The minimum atomic E-state index is 0.692. The minimum absolute atomic E-state index is 0.692. The third kappa shape index (κ3) is 5.39. The Morgan fingerprint density at radius 1 is 0.300 bits per heavy atom. The summed E-state index contributed by atoms with van der Waals surface area (Å²) in [6.07, 6.45) is 7.37. The topological polar surface area (TPSA) is 51.6 Å². The van der Waals surface area contributed by atoms with Gasteiger partial charge < -0.3 is 0 Å². The first-order chi connectivity index (χ1) is 24.8. The second-order valence-electron chi connectivity index (χ2n) is 12.3. The zero-order chi connectivity index (χ0) is 33.3. The molecule has 4 nitrogen and oxygen atoms in total. The Bertz CT molecular complexity index is 2440. The predicted octanol–water partition coefficient (Wildman–Crippen LogP) is 11.6. The Labute approximate surface area is 290 Å². The standard InChI is InChI=1S/C46H30N4/c1-2-10-35(11-3-1)44-38-14-4-6-16-40(38)45(41-17-7-5-15-39(41)44)46-49-42(33-22-18-31(19-23-33)36-12-8-26-47-29-36)28-43(50-46)34-24-20-32(21-25-34)37-13-9-27-48-30-37/h1-30H. The van der Waals surface area contributed by atoms with Crippen LogP contribution in [0, 0.1) is 0 Å². The first-order valence-corrected chi connectivity index (χ1v) is 16.7. The molecule has 0 saturated heterocycles. The first kappa shape index (κ1) is 29.4. The Balaban J connectivity index is 1.27. The van der Waals surface area contributed by atoms with Crippen molar-refractivity contribution in [2.45, 2.75) is 0 Å². The zero-order valence-corrected chi connectivity index (χ0v) is 27.1. The molecule has 0 atom stereocenters. The molecular weight excluding hydrogens is 609 g/mol. The van der Waals surface area contributed by atoms with Crippen molar-refractivity contribution in [1.29, 1.82) is 0 Å². The van der Waals surface area contributed by atoms with Crippen molar-refractivity contribution in [2.75, 3.05) is 0 Å². The highest BCUT2D eigenvalue weighted by atomic mass is 14.9. The van der Waals surface area contributed by atoms with Crippen LogP contribution in [0.15, 0.2) is 183 Å². The van der Waals surface area contributed by atoms with Gasteiger partial charge in [0.15, 0.2) is 5.82 Å². The molecule has 4 heteroatoms. The Morgan fingerprint density at radius 3 is 1.14 bits per heavy atom. The molecule has 3 heterocycles. The van der Waals surface area contributed by atoms with Crippen molar-refractivity contribution in [1.82, 2.24) is 19.9 Å². The molecule has 0 radical (unpaired) electrons. The number of nitrogens with zero attached hydrogens (tertiary/aromatic N) is 4. The molecule has 0 aliphatic rings. The van der Waals surface area contributed by atoms with E-state index in [0.717, 1.165) is 61.1 Å². The molecule has 0 saturated carbocycles. The van der Waals surface area contributed by atoms with Crippen molar-refractivity contribution in [3.8, 4) is 67.3 Å². The average molecular weight is 639 g/mol. The average Bonchev–Trinajstić information content (AvgIpc) is 3.21. The number of hydrogen-bond acceptors (Lipinski definition) is 4. The summed E-state index contributed by atoms with van der Waals surface area (Å²) in [5.74, 6) is 0.692. The van der Waals surface area contributed by atoms with Crippen LogP contribution in [0.4, 0.5) is 0 Å². The second kappa shape index (κ2) is 12.7. The fourth-order valence-electron chi connectivity index (χ4n) is 6.87.